The van der Waals surface area contributed by atoms with E-state index < -0.39 is 0 Å². The van der Waals surface area contributed by atoms with Crippen LogP contribution in [0, 0.1) is 10.7 Å². The van der Waals surface area contributed by atoms with Gasteiger partial charge in [0.15, 0.2) is 4.77 Å². The van der Waals surface area contributed by atoms with E-state index in [4.69, 9.17) is 12.2 Å². The number of rotatable bonds is 5. The number of imidazole rings is 1. The fraction of sp³-hybridized carbons (Fsp3) is 0.333. The Morgan fingerprint density at radius 3 is 2.80 bits per heavy atom. The van der Waals surface area contributed by atoms with Gasteiger partial charge in [-0.25, -0.2) is 0 Å². The summed E-state index contributed by atoms with van der Waals surface area (Å²) in [6.45, 7) is 1.30. The van der Waals surface area contributed by atoms with Crippen LogP contribution in [-0.2, 0) is 11.3 Å². The number of amides is 1. The lowest BCUT2D eigenvalue weighted by atomic mass is 10.2. The molecule has 1 amide bonds. The summed E-state index contributed by atoms with van der Waals surface area (Å²) in [5.74, 6) is 0.427. The van der Waals surface area contributed by atoms with Gasteiger partial charge in [-0.1, -0.05) is 30.3 Å². The summed E-state index contributed by atoms with van der Waals surface area (Å²) in [6.07, 6.45) is 3.98. The molecule has 0 bridgehead atoms. The lowest BCUT2D eigenvalue weighted by Gasteiger charge is -2.09. The summed E-state index contributed by atoms with van der Waals surface area (Å²) >= 11 is 5.31. The van der Waals surface area contributed by atoms with Crippen LogP contribution in [0.4, 0.5) is 0 Å². The smallest absolute Gasteiger partial charge is 0.223 e. The van der Waals surface area contributed by atoms with Gasteiger partial charge in [-0.15, -0.1) is 0 Å². The van der Waals surface area contributed by atoms with Crippen molar-refractivity contribution in [1.29, 1.82) is 0 Å². The van der Waals surface area contributed by atoms with E-state index in [1.165, 1.54) is 0 Å². The van der Waals surface area contributed by atoms with Crippen LogP contribution in [0.2, 0.25) is 0 Å². The molecule has 5 heteroatoms. The molecule has 0 radical (unpaired) electrons. The minimum absolute atomic E-state index is 0.174. The second-order valence-electron chi connectivity index (χ2n) is 5.06. The monoisotopic (exact) mass is 287 g/mol. The number of nitrogens with zero attached hydrogens (tertiary/aromatic N) is 1. The van der Waals surface area contributed by atoms with Gasteiger partial charge >= 0.3 is 0 Å². The molecule has 0 atom stereocenters. The van der Waals surface area contributed by atoms with E-state index in [-0.39, 0.29) is 11.8 Å². The predicted octanol–water partition coefficient (Wildman–Crippen LogP) is 2.74. The van der Waals surface area contributed by atoms with E-state index >= 15 is 0 Å². The molecule has 0 spiro atoms. The maximum Gasteiger partial charge on any atom is 0.223 e. The minimum Gasteiger partial charge on any atom is -0.354 e. The Kier molecular flexibility index (Phi) is 3.69. The van der Waals surface area contributed by atoms with Crippen LogP contribution >= 0.6 is 12.2 Å². The molecule has 1 aromatic carbocycles. The van der Waals surface area contributed by atoms with Crippen LogP contribution in [0.3, 0.4) is 0 Å². The number of nitrogens with one attached hydrogen (secondary N) is 2. The van der Waals surface area contributed by atoms with Crippen molar-refractivity contribution in [3.63, 3.8) is 0 Å². The van der Waals surface area contributed by atoms with Gasteiger partial charge in [0.1, 0.15) is 0 Å². The molecule has 104 valence electrons. The van der Waals surface area contributed by atoms with Crippen molar-refractivity contribution in [3.05, 3.63) is 41.3 Å². The van der Waals surface area contributed by atoms with Gasteiger partial charge in [0.25, 0.3) is 0 Å². The number of hydrogen-bond donors (Lipinski definition) is 2. The van der Waals surface area contributed by atoms with Crippen LogP contribution in [0.5, 0.6) is 0 Å². The van der Waals surface area contributed by atoms with Gasteiger partial charge in [0, 0.05) is 25.2 Å². The number of aromatic nitrogens is 2. The normalized spacial score (nSPS) is 14.2. The average molecular weight is 287 g/mol. The second kappa shape index (κ2) is 5.63. The Labute approximate surface area is 122 Å². The first-order chi connectivity index (χ1) is 9.75. The third-order valence-electron chi connectivity index (χ3n) is 3.52. The van der Waals surface area contributed by atoms with Gasteiger partial charge in [-0.2, -0.15) is 0 Å². The van der Waals surface area contributed by atoms with E-state index in [0.717, 1.165) is 24.1 Å². The maximum absolute atomic E-state index is 11.6. The van der Waals surface area contributed by atoms with Gasteiger partial charge in [-0.3, -0.25) is 4.79 Å². The number of benzene rings is 1. The van der Waals surface area contributed by atoms with Crippen molar-refractivity contribution in [3.8, 4) is 11.3 Å². The van der Waals surface area contributed by atoms with Crippen molar-refractivity contribution in [2.45, 2.75) is 19.4 Å². The molecule has 1 saturated carbocycles. The number of carbonyl (C=O) groups excluding carboxylic acids is 1. The van der Waals surface area contributed by atoms with Gasteiger partial charge in [0.05, 0.1) is 5.69 Å². The summed E-state index contributed by atoms with van der Waals surface area (Å²) < 4.78 is 2.71. The molecule has 2 aromatic rings. The van der Waals surface area contributed by atoms with Crippen molar-refractivity contribution >= 4 is 18.1 Å². The fourth-order valence-corrected chi connectivity index (χ4v) is 2.49. The Hall–Kier alpha value is -1.88. The molecule has 0 aliphatic heterocycles. The topological polar surface area (TPSA) is 49.8 Å². The number of H-pyrrole nitrogens is 1. The van der Waals surface area contributed by atoms with E-state index in [2.05, 4.69) is 22.4 Å². The molecule has 2 N–H and O–H groups in total. The largest absolute Gasteiger partial charge is 0.354 e. The highest BCUT2D eigenvalue weighted by Gasteiger charge is 2.29. The molecule has 1 aromatic heterocycles. The zero-order valence-corrected chi connectivity index (χ0v) is 12.0. The van der Waals surface area contributed by atoms with Crippen LogP contribution < -0.4 is 5.32 Å². The molecule has 1 heterocycles. The average Bonchev–Trinajstić information content (AvgIpc) is 3.26. The number of carbonyl (C=O) groups is 1. The lowest BCUT2D eigenvalue weighted by Crippen LogP contribution is -2.28. The molecule has 4 nitrogen and oxygen atoms in total. The molecular weight excluding hydrogens is 270 g/mol. The molecule has 1 aliphatic carbocycles. The maximum atomic E-state index is 11.6. The first kappa shape index (κ1) is 13.1. The van der Waals surface area contributed by atoms with E-state index in [1.54, 1.807) is 0 Å². The quantitative estimate of drug-likeness (QED) is 0.831. The Morgan fingerprint density at radius 2 is 2.10 bits per heavy atom. The van der Waals surface area contributed by atoms with E-state index in [9.17, 15) is 4.79 Å². The summed E-state index contributed by atoms with van der Waals surface area (Å²) in [5, 5.41) is 2.97. The summed E-state index contributed by atoms with van der Waals surface area (Å²) in [6, 6.07) is 10.1. The van der Waals surface area contributed by atoms with Gasteiger partial charge in [0.2, 0.25) is 5.91 Å². The zero-order valence-electron chi connectivity index (χ0n) is 11.1. The molecule has 0 unspecified atom stereocenters. The molecular formula is C15H17N3OS. The van der Waals surface area contributed by atoms with Crippen LogP contribution in [0.25, 0.3) is 11.3 Å². The lowest BCUT2D eigenvalue weighted by molar-refractivity contribution is -0.122. The molecule has 0 saturated heterocycles. The van der Waals surface area contributed by atoms with E-state index in [1.807, 2.05) is 29.0 Å². The van der Waals surface area contributed by atoms with Crippen LogP contribution in [-0.4, -0.2) is 22.0 Å². The summed E-state index contributed by atoms with van der Waals surface area (Å²) in [7, 11) is 0. The van der Waals surface area contributed by atoms with Crippen molar-refractivity contribution in [1.82, 2.24) is 14.9 Å². The first-order valence-electron chi connectivity index (χ1n) is 6.87. The summed E-state index contributed by atoms with van der Waals surface area (Å²) in [4.78, 5) is 14.7. The van der Waals surface area contributed by atoms with Gasteiger partial charge < -0.3 is 14.9 Å². The molecule has 3 rings (SSSR count). The molecule has 1 fully saturated rings. The highest BCUT2D eigenvalue weighted by atomic mass is 32.1. The number of aromatic amines is 1. The number of hydrogen-bond acceptors (Lipinski definition) is 2. The predicted molar refractivity (Wildman–Crippen MR) is 80.8 cm³/mol. The Bertz CT molecular complexity index is 655. The first-order valence-corrected chi connectivity index (χ1v) is 7.28. The second-order valence-corrected chi connectivity index (χ2v) is 5.45. The highest BCUT2D eigenvalue weighted by molar-refractivity contribution is 7.71. The van der Waals surface area contributed by atoms with E-state index in [0.29, 0.717) is 17.9 Å². The SMILES string of the molecule is O=C(NCCn1c(-c2ccccc2)c[nH]c1=S)C1CC1. The Balaban J connectivity index is 1.71. The zero-order chi connectivity index (χ0) is 13.9. The third-order valence-corrected chi connectivity index (χ3v) is 3.86. The van der Waals surface area contributed by atoms with Crippen molar-refractivity contribution < 1.29 is 4.79 Å². The fourth-order valence-electron chi connectivity index (χ4n) is 2.25. The third kappa shape index (κ3) is 2.82. The standard InChI is InChI=1S/C15H17N3OS/c19-14(12-6-7-12)16-8-9-18-13(10-17-15(18)20)11-4-2-1-3-5-11/h1-5,10,12H,6-9H2,(H,16,19)(H,17,20). The van der Waals surface area contributed by atoms with Crippen LogP contribution in [0.1, 0.15) is 12.8 Å². The molecule has 1 aliphatic rings. The van der Waals surface area contributed by atoms with Crippen molar-refractivity contribution in [2.75, 3.05) is 6.54 Å². The van der Waals surface area contributed by atoms with Gasteiger partial charge in [-0.05, 0) is 30.6 Å². The van der Waals surface area contributed by atoms with Crippen molar-refractivity contribution in [2.24, 2.45) is 5.92 Å². The molecule has 20 heavy (non-hydrogen) atoms. The minimum atomic E-state index is 0.174. The highest BCUT2D eigenvalue weighted by Crippen LogP contribution is 2.28. The van der Waals surface area contributed by atoms with Crippen LogP contribution in [0.15, 0.2) is 36.5 Å². The Morgan fingerprint density at radius 1 is 1.35 bits per heavy atom. The summed E-state index contributed by atoms with van der Waals surface area (Å²) in [5.41, 5.74) is 2.17.